The fraction of sp³-hybridized carbons (Fsp3) is 0.500. The molecule has 1 fully saturated rings. The number of nitroso groups, excluding NO2 is 1. The standard InChI is InChI=1S/C12H15N7O6/c1-18(17-24)12(23)13-2-5-7(20)8(21)11(25-5)19-4-16-6-9(19)14-3-15-10(6)22/h3-5,7-8,11,20-21H,2H2,1H3,(H,13,23)(H,14,15,22)/t5-,7-,8-,11-/m1/s1. The number of amides is 2. The maximum Gasteiger partial charge on any atom is 0.340 e. The smallest absolute Gasteiger partial charge is 0.340 e. The van der Waals surface area contributed by atoms with E-state index in [9.17, 15) is 24.7 Å². The van der Waals surface area contributed by atoms with Gasteiger partial charge in [0.1, 0.15) is 18.3 Å². The number of imidazole rings is 1. The van der Waals surface area contributed by atoms with Crippen LogP contribution in [0.25, 0.3) is 11.2 Å². The number of aromatic nitrogens is 4. The number of ether oxygens (including phenoxy) is 1. The average molecular weight is 353 g/mol. The lowest BCUT2D eigenvalue weighted by Crippen LogP contribution is -2.42. The molecule has 0 unspecified atom stereocenters. The van der Waals surface area contributed by atoms with E-state index in [0.717, 1.165) is 7.05 Å². The number of rotatable bonds is 4. The van der Waals surface area contributed by atoms with E-state index >= 15 is 0 Å². The minimum atomic E-state index is -1.35. The van der Waals surface area contributed by atoms with E-state index < -0.39 is 36.1 Å². The SMILES string of the molecule is CN(N=O)C(=O)NC[C@H]1O[C@@H](n2cnc3c(=O)[nH]cnc32)[C@H](O)[C@@H]1O. The zero-order valence-electron chi connectivity index (χ0n) is 12.9. The molecule has 2 amide bonds. The summed E-state index contributed by atoms with van der Waals surface area (Å²) in [4.78, 5) is 43.7. The highest BCUT2D eigenvalue weighted by Crippen LogP contribution is 2.30. The van der Waals surface area contributed by atoms with E-state index in [-0.39, 0.29) is 17.7 Å². The Morgan fingerprint density at radius 3 is 2.96 bits per heavy atom. The molecule has 3 heterocycles. The van der Waals surface area contributed by atoms with Gasteiger partial charge in [-0.1, -0.05) is 0 Å². The van der Waals surface area contributed by atoms with Gasteiger partial charge in [-0.25, -0.2) is 14.8 Å². The molecule has 0 aromatic carbocycles. The van der Waals surface area contributed by atoms with E-state index in [1.807, 2.05) is 0 Å². The van der Waals surface area contributed by atoms with E-state index in [0.29, 0.717) is 5.01 Å². The molecule has 1 aliphatic heterocycles. The monoisotopic (exact) mass is 353 g/mol. The lowest BCUT2D eigenvalue weighted by Gasteiger charge is -2.16. The summed E-state index contributed by atoms with van der Waals surface area (Å²) in [6.45, 7) is -0.173. The lowest BCUT2D eigenvalue weighted by atomic mass is 10.1. The number of carbonyl (C=O) groups excluding carboxylic acids is 1. The number of hydrogen-bond acceptors (Lipinski definition) is 9. The zero-order valence-corrected chi connectivity index (χ0v) is 12.9. The zero-order chi connectivity index (χ0) is 18.1. The van der Waals surface area contributed by atoms with Gasteiger partial charge >= 0.3 is 6.03 Å². The van der Waals surface area contributed by atoms with E-state index in [4.69, 9.17) is 4.74 Å². The second-order valence-electron chi connectivity index (χ2n) is 5.39. The third-order valence-electron chi connectivity index (χ3n) is 3.85. The summed E-state index contributed by atoms with van der Waals surface area (Å²) in [7, 11) is 1.16. The van der Waals surface area contributed by atoms with Gasteiger partial charge < -0.3 is 25.3 Å². The quantitative estimate of drug-likeness (QED) is 0.362. The van der Waals surface area contributed by atoms with Crippen molar-refractivity contribution in [1.29, 1.82) is 0 Å². The minimum absolute atomic E-state index is 0.0585. The van der Waals surface area contributed by atoms with E-state index in [1.165, 1.54) is 17.2 Å². The van der Waals surface area contributed by atoms with Crippen LogP contribution in [-0.2, 0) is 4.74 Å². The Balaban J connectivity index is 1.77. The molecule has 0 spiro atoms. The fourth-order valence-corrected chi connectivity index (χ4v) is 2.52. The number of aliphatic hydroxyl groups is 2. The second-order valence-corrected chi connectivity index (χ2v) is 5.39. The van der Waals surface area contributed by atoms with Crippen molar-refractivity contribution in [3.8, 4) is 0 Å². The summed E-state index contributed by atoms with van der Waals surface area (Å²) in [6, 6.07) is -0.787. The fourth-order valence-electron chi connectivity index (χ4n) is 2.52. The highest BCUT2D eigenvalue weighted by Gasteiger charge is 2.44. The molecule has 0 aliphatic carbocycles. The van der Waals surface area contributed by atoms with Crippen LogP contribution in [0.3, 0.4) is 0 Å². The van der Waals surface area contributed by atoms with Crippen LogP contribution in [0.1, 0.15) is 6.23 Å². The van der Waals surface area contributed by atoms with Gasteiger partial charge in [0, 0.05) is 13.6 Å². The van der Waals surface area contributed by atoms with Crippen LogP contribution in [0.15, 0.2) is 22.7 Å². The number of aliphatic hydroxyl groups excluding tert-OH is 2. The first-order valence-electron chi connectivity index (χ1n) is 7.20. The number of aromatic amines is 1. The Bertz CT molecular complexity index is 850. The van der Waals surface area contributed by atoms with Gasteiger partial charge in [0.2, 0.25) is 0 Å². The van der Waals surface area contributed by atoms with Crippen LogP contribution in [0.4, 0.5) is 4.79 Å². The van der Waals surface area contributed by atoms with Crippen molar-refractivity contribution in [3.05, 3.63) is 27.9 Å². The van der Waals surface area contributed by atoms with Crippen molar-refractivity contribution < 1.29 is 19.7 Å². The number of nitrogens with zero attached hydrogens (tertiary/aromatic N) is 5. The van der Waals surface area contributed by atoms with Crippen molar-refractivity contribution in [3.63, 3.8) is 0 Å². The first-order chi connectivity index (χ1) is 11.9. The van der Waals surface area contributed by atoms with Crippen LogP contribution in [0, 0.1) is 4.91 Å². The van der Waals surface area contributed by atoms with Crippen LogP contribution in [0.5, 0.6) is 0 Å². The molecule has 2 aromatic heterocycles. The topological polar surface area (TPSA) is 175 Å². The highest BCUT2D eigenvalue weighted by atomic mass is 16.6. The van der Waals surface area contributed by atoms with Crippen molar-refractivity contribution >= 4 is 17.2 Å². The number of urea groups is 1. The largest absolute Gasteiger partial charge is 0.387 e. The molecule has 0 saturated carbocycles. The van der Waals surface area contributed by atoms with Crippen LogP contribution < -0.4 is 10.9 Å². The van der Waals surface area contributed by atoms with Gasteiger partial charge in [0.15, 0.2) is 17.4 Å². The van der Waals surface area contributed by atoms with Crippen molar-refractivity contribution in [1.82, 2.24) is 29.8 Å². The van der Waals surface area contributed by atoms with Gasteiger partial charge in [-0.05, 0) is 0 Å². The maximum atomic E-state index is 11.7. The molecule has 4 N–H and O–H groups in total. The average Bonchev–Trinajstić information content (AvgIpc) is 3.15. The summed E-state index contributed by atoms with van der Waals surface area (Å²) in [5.41, 5.74) is -0.220. The summed E-state index contributed by atoms with van der Waals surface area (Å²) < 4.78 is 6.89. The second kappa shape index (κ2) is 6.54. The molecule has 13 nitrogen and oxygen atoms in total. The predicted molar refractivity (Wildman–Crippen MR) is 81.0 cm³/mol. The molecule has 0 bridgehead atoms. The van der Waals surface area contributed by atoms with E-state index in [2.05, 4.69) is 25.6 Å². The predicted octanol–water partition coefficient (Wildman–Crippen LogP) is -1.94. The van der Waals surface area contributed by atoms with Crippen molar-refractivity contribution in [2.45, 2.75) is 24.5 Å². The van der Waals surface area contributed by atoms with Gasteiger partial charge in [-0.15, -0.1) is 4.91 Å². The molecule has 1 aliphatic rings. The lowest BCUT2D eigenvalue weighted by molar-refractivity contribution is -0.0336. The molecule has 2 aromatic rings. The number of nitrogens with one attached hydrogen (secondary N) is 2. The molecule has 4 atom stereocenters. The summed E-state index contributed by atoms with van der Waals surface area (Å²) in [5.74, 6) is 0. The molecule has 13 heteroatoms. The number of H-pyrrole nitrogens is 1. The maximum absolute atomic E-state index is 11.7. The number of fused-ring (bicyclic) bond motifs is 1. The first-order valence-corrected chi connectivity index (χ1v) is 7.20. The van der Waals surface area contributed by atoms with E-state index in [1.54, 1.807) is 0 Å². The third kappa shape index (κ3) is 2.95. The Morgan fingerprint density at radius 2 is 2.24 bits per heavy atom. The van der Waals surface area contributed by atoms with Gasteiger partial charge in [0.05, 0.1) is 17.9 Å². The van der Waals surface area contributed by atoms with Crippen LogP contribution in [-0.4, -0.2) is 72.7 Å². The van der Waals surface area contributed by atoms with Gasteiger partial charge in [0.25, 0.3) is 5.56 Å². The Hall–Kier alpha value is -2.90. The van der Waals surface area contributed by atoms with Crippen LogP contribution >= 0.6 is 0 Å². The van der Waals surface area contributed by atoms with Gasteiger partial charge in [-0.3, -0.25) is 9.36 Å². The van der Waals surface area contributed by atoms with Crippen LogP contribution in [0.2, 0.25) is 0 Å². The third-order valence-corrected chi connectivity index (χ3v) is 3.85. The molecule has 1 saturated heterocycles. The molecular formula is C12H15N7O6. The molecule has 3 rings (SSSR count). The van der Waals surface area contributed by atoms with Gasteiger partial charge in [-0.2, -0.15) is 5.01 Å². The van der Waals surface area contributed by atoms with Crippen molar-refractivity contribution in [2.75, 3.05) is 13.6 Å². The number of carbonyl (C=O) groups is 1. The Labute approximate surface area is 139 Å². The highest BCUT2D eigenvalue weighted by molar-refractivity contribution is 5.73. The number of hydrogen-bond donors (Lipinski definition) is 4. The molecule has 134 valence electrons. The molecular weight excluding hydrogens is 338 g/mol. The summed E-state index contributed by atoms with van der Waals surface area (Å²) in [6.07, 6.45) is -2.23. The summed E-state index contributed by atoms with van der Waals surface area (Å²) in [5, 5.41) is 25.6. The normalized spacial score (nSPS) is 25.9. The minimum Gasteiger partial charge on any atom is -0.387 e. The Kier molecular flexibility index (Phi) is 4.43. The molecule has 0 radical (unpaired) electrons. The Morgan fingerprint density at radius 1 is 1.48 bits per heavy atom. The molecule has 25 heavy (non-hydrogen) atoms. The summed E-state index contributed by atoms with van der Waals surface area (Å²) >= 11 is 0. The van der Waals surface area contributed by atoms with Crippen molar-refractivity contribution in [2.24, 2.45) is 5.29 Å². The first kappa shape index (κ1) is 16.9.